The molecule has 0 atom stereocenters. The number of hydrogen-bond donors (Lipinski definition) is 1. The van der Waals surface area contributed by atoms with Crippen LogP contribution >= 0.6 is 11.6 Å². The zero-order valence-electron chi connectivity index (χ0n) is 10.9. The Labute approximate surface area is 126 Å². The number of para-hydroxylation sites is 1. The van der Waals surface area contributed by atoms with Gasteiger partial charge in [0.2, 0.25) is 5.88 Å². The number of benzene rings is 2. The molecule has 102 valence electrons. The van der Waals surface area contributed by atoms with E-state index in [0.29, 0.717) is 33.4 Å². The molecule has 21 heavy (non-hydrogen) atoms. The summed E-state index contributed by atoms with van der Waals surface area (Å²) < 4.78 is 5.66. The van der Waals surface area contributed by atoms with Crippen LogP contribution in [0.2, 0.25) is 5.02 Å². The second-order valence-electron chi connectivity index (χ2n) is 4.42. The van der Waals surface area contributed by atoms with Crippen LogP contribution in [0, 0.1) is 11.3 Å². The maximum Gasteiger partial charge on any atom is 0.221 e. The molecule has 0 fully saturated rings. The lowest BCUT2D eigenvalue weighted by molar-refractivity contribution is 0.465. The summed E-state index contributed by atoms with van der Waals surface area (Å²) in [5.41, 5.74) is 7.35. The first kappa shape index (κ1) is 13.2. The van der Waals surface area contributed by atoms with Gasteiger partial charge >= 0.3 is 0 Å². The molecule has 0 spiro atoms. The smallest absolute Gasteiger partial charge is 0.221 e. The minimum Gasteiger partial charge on any atom is -0.439 e. The van der Waals surface area contributed by atoms with Crippen molar-refractivity contribution in [2.24, 2.45) is 0 Å². The number of anilines is 1. The molecule has 0 unspecified atom stereocenters. The van der Waals surface area contributed by atoms with Gasteiger partial charge in [0, 0.05) is 17.5 Å². The number of pyridine rings is 1. The quantitative estimate of drug-likeness (QED) is 0.721. The molecule has 3 rings (SSSR count). The summed E-state index contributed by atoms with van der Waals surface area (Å²) in [5, 5.41) is 10.4. The van der Waals surface area contributed by atoms with Gasteiger partial charge in [-0.3, -0.25) is 0 Å². The van der Waals surface area contributed by atoms with Gasteiger partial charge in [-0.1, -0.05) is 29.8 Å². The topological polar surface area (TPSA) is 71.9 Å². The van der Waals surface area contributed by atoms with Gasteiger partial charge in [-0.15, -0.1) is 0 Å². The first-order chi connectivity index (χ1) is 10.2. The van der Waals surface area contributed by atoms with Gasteiger partial charge in [0.15, 0.2) is 0 Å². The summed E-state index contributed by atoms with van der Waals surface area (Å²) in [7, 11) is 0. The molecule has 4 nitrogen and oxygen atoms in total. The summed E-state index contributed by atoms with van der Waals surface area (Å²) in [6.45, 7) is 0. The van der Waals surface area contributed by atoms with Crippen molar-refractivity contribution < 1.29 is 4.74 Å². The highest BCUT2D eigenvalue weighted by Gasteiger charge is 2.07. The molecule has 2 aromatic carbocycles. The molecule has 0 radical (unpaired) electrons. The molecule has 5 heteroatoms. The predicted octanol–water partition coefficient (Wildman–Crippen LogP) is 4.13. The second kappa shape index (κ2) is 5.31. The van der Waals surface area contributed by atoms with E-state index in [2.05, 4.69) is 11.1 Å². The molecule has 0 amide bonds. The lowest BCUT2D eigenvalue weighted by Crippen LogP contribution is -1.92. The van der Waals surface area contributed by atoms with Gasteiger partial charge in [-0.25, -0.2) is 4.98 Å². The summed E-state index contributed by atoms with van der Waals surface area (Å²) in [6.07, 6.45) is 0. The zero-order chi connectivity index (χ0) is 14.8. The molecule has 0 aliphatic heterocycles. The number of nitrogen functional groups attached to an aromatic ring is 1. The number of hydrogen-bond acceptors (Lipinski definition) is 4. The first-order valence-corrected chi connectivity index (χ1v) is 6.58. The van der Waals surface area contributed by atoms with Gasteiger partial charge in [0.1, 0.15) is 11.8 Å². The number of halogens is 1. The second-order valence-corrected chi connectivity index (χ2v) is 4.83. The van der Waals surface area contributed by atoms with Crippen molar-refractivity contribution in [2.45, 2.75) is 0 Å². The molecular weight excluding hydrogens is 286 g/mol. The van der Waals surface area contributed by atoms with Gasteiger partial charge in [-0.05, 0) is 18.2 Å². The summed E-state index contributed by atoms with van der Waals surface area (Å²) in [6, 6.07) is 16.1. The van der Waals surface area contributed by atoms with Crippen molar-refractivity contribution >= 4 is 28.2 Å². The van der Waals surface area contributed by atoms with Gasteiger partial charge < -0.3 is 10.5 Å². The summed E-state index contributed by atoms with van der Waals surface area (Å²) in [4.78, 5) is 4.38. The average molecular weight is 296 g/mol. The summed E-state index contributed by atoms with van der Waals surface area (Å²) >= 11 is 5.96. The number of nitrogens with two attached hydrogens (primary N) is 1. The van der Waals surface area contributed by atoms with Crippen LogP contribution in [0.5, 0.6) is 11.6 Å². The minimum absolute atomic E-state index is 0.339. The number of nitrogens with zero attached hydrogens (tertiary/aromatic N) is 2. The van der Waals surface area contributed by atoms with Crippen LogP contribution in [-0.2, 0) is 0 Å². The van der Waals surface area contributed by atoms with Crippen LogP contribution in [-0.4, -0.2) is 4.98 Å². The van der Waals surface area contributed by atoms with Crippen LogP contribution in [0.25, 0.3) is 10.9 Å². The Bertz CT molecular complexity index is 871. The molecule has 2 N–H and O–H groups in total. The molecule has 0 bridgehead atoms. The van der Waals surface area contributed by atoms with Crippen LogP contribution in [0.3, 0.4) is 0 Å². The van der Waals surface area contributed by atoms with Crippen molar-refractivity contribution in [3.63, 3.8) is 0 Å². The first-order valence-electron chi connectivity index (χ1n) is 6.20. The van der Waals surface area contributed by atoms with Crippen molar-refractivity contribution in [2.75, 3.05) is 5.73 Å². The number of fused-ring (bicyclic) bond motifs is 1. The molecule has 0 saturated carbocycles. The predicted molar refractivity (Wildman–Crippen MR) is 82.4 cm³/mol. The summed E-state index contributed by atoms with van der Waals surface area (Å²) in [5.74, 6) is 0.854. The van der Waals surface area contributed by atoms with Crippen LogP contribution in [0.4, 0.5) is 5.69 Å². The Hall–Kier alpha value is -2.77. The molecule has 0 aliphatic carbocycles. The zero-order valence-corrected chi connectivity index (χ0v) is 11.6. The molecule has 3 aromatic rings. The standard InChI is InChI=1S/C16H10ClN3O/c17-13-8-11(5-6-14(13)19)21-16-7-10(9-18)12-3-1-2-4-15(12)20-16/h1-8H,19H2. The number of ether oxygens (including phenoxy) is 1. The number of aromatic nitrogens is 1. The lowest BCUT2D eigenvalue weighted by Gasteiger charge is -2.08. The third-order valence-electron chi connectivity index (χ3n) is 3.01. The molecule has 1 aromatic heterocycles. The molecule has 1 heterocycles. The largest absolute Gasteiger partial charge is 0.439 e. The van der Waals surface area contributed by atoms with Gasteiger partial charge in [0.05, 0.1) is 21.8 Å². The maximum absolute atomic E-state index is 9.24. The third-order valence-corrected chi connectivity index (χ3v) is 3.33. The van der Waals surface area contributed by atoms with E-state index in [1.807, 2.05) is 24.3 Å². The van der Waals surface area contributed by atoms with E-state index in [1.165, 1.54) is 0 Å². The maximum atomic E-state index is 9.24. The van der Waals surface area contributed by atoms with E-state index in [-0.39, 0.29) is 0 Å². The number of nitriles is 1. The fourth-order valence-electron chi connectivity index (χ4n) is 1.99. The highest BCUT2D eigenvalue weighted by Crippen LogP contribution is 2.29. The van der Waals surface area contributed by atoms with Crippen LogP contribution in [0.1, 0.15) is 5.56 Å². The van der Waals surface area contributed by atoms with Crippen LogP contribution in [0.15, 0.2) is 48.5 Å². The van der Waals surface area contributed by atoms with E-state index in [4.69, 9.17) is 22.1 Å². The van der Waals surface area contributed by atoms with Crippen LogP contribution < -0.4 is 10.5 Å². The Morgan fingerprint density at radius 1 is 1.14 bits per heavy atom. The van der Waals surface area contributed by atoms with E-state index >= 15 is 0 Å². The van der Waals surface area contributed by atoms with E-state index in [9.17, 15) is 5.26 Å². The molecule has 0 saturated heterocycles. The average Bonchev–Trinajstić information content (AvgIpc) is 2.50. The lowest BCUT2D eigenvalue weighted by atomic mass is 10.1. The Morgan fingerprint density at radius 2 is 1.95 bits per heavy atom. The van der Waals surface area contributed by atoms with E-state index in [1.54, 1.807) is 24.3 Å². The normalized spacial score (nSPS) is 10.3. The molecule has 0 aliphatic rings. The third kappa shape index (κ3) is 2.60. The molecular formula is C16H10ClN3O. The van der Waals surface area contributed by atoms with Crippen molar-refractivity contribution in [3.8, 4) is 17.7 Å². The van der Waals surface area contributed by atoms with E-state index < -0.39 is 0 Å². The highest BCUT2D eigenvalue weighted by atomic mass is 35.5. The Morgan fingerprint density at radius 3 is 2.71 bits per heavy atom. The van der Waals surface area contributed by atoms with E-state index in [0.717, 1.165) is 5.39 Å². The van der Waals surface area contributed by atoms with Gasteiger partial charge in [-0.2, -0.15) is 5.26 Å². The Kier molecular flexibility index (Phi) is 3.35. The van der Waals surface area contributed by atoms with Crippen molar-refractivity contribution in [1.29, 1.82) is 5.26 Å². The van der Waals surface area contributed by atoms with Crippen molar-refractivity contribution in [3.05, 3.63) is 59.1 Å². The Balaban J connectivity index is 2.04. The van der Waals surface area contributed by atoms with Gasteiger partial charge in [0.25, 0.3) is 0 Å². The fourth-order valence-corrected chi connectivity index (χ4v) is 2.16. The monoisotopic (exact) mass is 295 g/mol. The minimum atomic E-state index is 0.339. The number of rotatable bonds is 2. The fraction of sp³-hybridized carbons (Fsp3) is 0. The van der Waals surface area contributed by atoms with Crippen molar-refractivity contribution in [1.82, 2.24) is 4.98 Å². The SMILES string of the molecule is N#Cc1cc(Oc2ccc(N)c(Cl)c2)nc2ccccc12. The highest BCUT2D eigenvalue weighted by molar-refractivity contribution is 6.33.